The van der Waals surface area contributed by atoms with Crippen LogP contribution in [-0.4, -0.2) is 27.6 Å². The van der Waals surface area contributed by atoms with Crippen molar-refractivity contribution >= 4 is 39.9 Å². The van der Waals surface area contributed by atoms with Gasteiger partial charge in [-0.1, -0.05) is 53.4 Å². The van der Waals surface area contributed by atoms with Gasteiger partial charge >= 0.3 is 0 Å². The number of benzene rings is 1. The van der Waals surface area contributed by atoms with E-state index < -0.39 is 6.04 Å². The summed E-state index contributed by atoms with van der Waals surface area (Å²) in [7, 11) is 0. The van der Waals surface area contributed by atoms with E-state index in [0.29, 0.717) is 9.47 Å². The van der Waals surface area contributed by atoms with Crippen LogP contribution in [0.5, 0.6) is 0 Å². The minimum absolute atomic E-state index is 0.111. The molecule has 0 aliphatic carbocycles. The molecule has 21 heavy (non-hydrogen) atoms. The second-order valence-electron chi connectivity index (χ2n) is 4.22. The minimum Gasteiger partial charge on any atom is -0.374 e. The lowest BCUT2D eigenvalue weighted by molar-refractivity contribution is -0.125. The number of ketones is 1. The molecule has 0 aliphatic rings. The van der Waals surface area contributed by atoms with E-state index in [9.17, 15) is 9.59 Å². The Bertz CT molecular complexity index is 630. The summed E-state index contributed by atoms with van der Waals surface area (Å²) in [4.78, 5) is 23.7. The van der Waals surface area contributed by atoms with Crippen LogP contribution in [-0.2, 0) is 9.59 Å². The molecule has 1 aromatic carbocycles. The van der Waals surface area contributed by atoms with Crippen LogP contribution in [0, 0.1) is 0 Å². The summed E-state index contributed by atoms with van der Waals surface area (Å²) < 4.78 is 0.627. The van der Waals surface area contributed by atoms with E-state index in [-0.39, 0.29) is 17.4 Å². The van der Waals surface area contributed by atoms with Gasteiger partial charge in [-0.3, -0.25) is 9.59 Å². The average Bonchev–Trinajstić information content (AvgIpc) is 2.89. The van der Waals surface area contributed by atoms with Gasteiger partial charge in [0.25, 0.3) is 0 Å². The highest BCUT2D eigenvalue weighted by molar-refractivity contribution is 8.01. The number of nitrogens with one attached hydrogen (secondary N) is 1. The molecule has 6 nitrogen and oxygen atoms in total. The highest BCUT2D eigenvalue weighted by atomic mass is 32.2. The first kappa shape index (κ1) is 15.5. The minimum atomic E-state index is -0.626. The van der Waals surface area contributed by atoms with Crippen LogP contribution in [0.4, 0.5) is 5.13 Å². The van der Waals surface area contributed by atoms with Crippen LogP contribution in [0.1, 0.15) is 18.5 Å². The Balaban J connectivity index is 1.94. The first-order valence-corrected chi connectivity index (χ1v) is 7.93. The summed E-state index contributed by atoms with van der Waals surface area (Å²) in [6.45, 7) is 1.45. The Labute approximate surface area is 130 Å². The fraction of sp³-hybridized carbons (Fsp3) is 0.231. The van der Waals surface area contributed by atoms with Gasteiger partial charge in [-0.05, 0) is 12.5 Å². The van der Waals surface area contributed by atoms with Gasteiger partial charge in [0, 0.05) is 0 Å². The van der Waals surface area contributed by atoms with Crippen LogP contribution in [0.25, 0.3) is 0 Å². The standard InChI is InChI=1S/C13H14N4O2S2/c1-8(18)11(9-5-3-2-4-6-9)15-10(19)7-20-13-17-16-12(14)21-13/h2-6,11H,7H2,1H3,(H2,14,16)(H,15,19). The van der Waals surface area contributed by atoms with Crippen LogP contribution >= 0.6 is 23.1 Å². The molecule has 110 valence electrons. The van der Waals surface area contributed by atoms with E-state index in [4.69, 9.17) is 5.73 Å². The maximum absolute atomic E-state index is 12.0. The number of nitrogen functional groups attached to an aromatic ring is 1. The maximum Gasteiger partial charge on any atom is 0.231 e. The molecule has 8 heteroatoms. The van der Waals surface area contributed by atoms with Gasteiger partial charge in [0.05, 0.1) is 5.75 Å². The Kier molecular flexibility index (Phi) is 5.29. The van der Waals surface area contributed by atoms with E-state index >= 15 is 0 Å². The van der Waals surface area contributed by atoms with Crippen LogP contribution < -0.4 is 11.1 Å². The van der Waals surface area contributed by atoms with E-state index in [1.165, 1.54) is 30.0 Å². The maximum atomic E-state index is 12.0. The Morgan fingerprint density at radius 3 is 2.62 bits per heavy atom. The molecule has 0 spiro atoms. The third-order valence-electron chi connectivity index (χ3n) is 2.59. The zero-order chi connectivity index (χ0) is 15.2. The summed E-state index contributed by atoms with van der Waals surface area (Å²) >= 11 is 2.46. The fourth-order valence-corrected chi connectivity index (χ4v) is 3.12. The number of anilines is 1. The lowest BCUT2D eigenvalue weighted by atomic mass is 10.0. The van der Waals surface area contributed by atoms with Crippen molar-refractivity contribution in [2.75, 3.05) is 11.5 Å². The van der Waals surface area contributed by atoms with Gasteiger partial charge in [-0.15, -0.1) is 10.2 Å². The topological polar surface area (TPSA) is 98.0 Å². The number of hydrogen-bond donors (Lipinski definition) is 2. The molecular formula is C13H14N4O2S2. The Morgan fingerprint density at radius 1 is 1.33 bits per heavy atom. The smallest absolute Gasteiger partial charge is 0.231 e. The molecule has 1 heterocycles. The van der Waals surface area contributed by atoms with Gasteiger partial charge in [-0.2, -0.15) is 0 Å². The van der Waals surface area contributed by atoms with Crippen molar-refractivity contribution < 1.29 is 9.59 Å². The van der Waals surface area contributed by atoms with Crippen LogP contribution in [0.2, 0.25) is 0 Å². The first-order valence-electron chi connectivity index (χ1n) is 6.13. The molecule has 0 fully saturated rings. The molecule has 1 aromatic heterocycles. The molecule has 0 radical (unpaired) electrons. The van der Waals surface area contributed by atoms with Gasteiger partial charge in [0.15, 0.2) is 10.1 Å². The highest BCUT2D eigenvalue weighted by Crippen LogP contribution is 2.23. The Morgan fingerprint density at radius 2 is 2.05 bits per heavy atom. The summed E-state index contributed by atoms with van der Waals surface area (Å²) in [5.74, 6) is -0.192. The number of nitrogens with zero attached hydrogens (tertiary/aromatic N) is 2. The highest BCUT2D eigenvalue weighted by Gasteiger charge is 2.19. The van der Waals surface area contributed by atoms with Crippen molar-refractivity contribution in [2.24, 2.45) is 0 Å². The van der Waals surface area contributed by atoms with E-state index in [2.05, 4.69) is 15.5 Å². The van der Waals surface area contributed by atoms with Crippen LogP contribution in [0.15, 0.2) is 34.7 Å². The predicted molar refractivity (Wildman–Crippen MR) is 83.1 cm³/mol. The van der Waals surface area contributed by atoms with Crippen molar-refractivity contribution in [1.82, 2.24) is 15.5 Å². The second-order valence-corrected chi connectivity index (χ2v) is 6.45. The van der Waals surface area contributed by atoms with Gasteiger partial charge in [0.2, 0.25) is 11.0 Å². The van der Waals surface area contributed by atoms with E-state index in [0.717, 1.165) is 5.56 Å². The zero-order valence-electron chi connectivity index (χ0n) is 11.3. The SMILES string of the molecule is CC(=O)C(NC(=O)CSc1nnc(N)s1)c1ccccc1. The number of carbonyl (C=O) groups excluding carboxylic acids is 2. The number of nitrogens with two attached hydrogens (primary N) is 1. The predicted octanol–water partition coefficient (Wildman–Crippen LogP) is 1.66. The molecule has 0 bridgehead atoms. The third kappa shape index (κ3) is 4.54. The summed E-state index contributed by atoms with van der Waals surface area (Å²) in [6, 6.07) is 8.51. The van der Waals surface area contributed by atoms with E-state index in [1.807, 2.05) is 30.3 Å². The number of aromatic nitrogens is 2. The lowest BCUT2D eigenvalue weighted by Gasteiger charge is -2.15. The summed E-state index contributed by atoms with van der Waals surface area (Å²) in [5.41, 5.74) is 6.23. The summed E-state index contributed by atoms with van der Waals surface area (Å²) in [5, 5.41) is 10.6. The number of thioether (sulfide) groups is 1. The fourth-order valence-electron chi connectivity index (χ4n) is 1.67. The average molecular weight is 322 g/mol. The lowest BCUT2D eigenvalue weighted by Crippen LogP contribution is -2.33. The third-order valence-corrected chi connectivity index (χ3v) is 4.48. The van der Waals surface area contributed by atoms with Crippen molar-refractivity contribution in [2.45, 2.75) is 17.3 Å². The normalized spacial score (nSPS) is 11.9. The first-order chi connectivity index (χ1) is 10.1. The molecule has 1 unspecified atom stereocenters. The number of Topliss-reactive ketones (excluding diaryl/α,β-unsaturated/α-hetero) is 1. The van der Waals surface area contributed by atoms with Crippen molar-refractivity contribution in [3.8, 4) is 0 Å². The molecule has 1 atom stereocenters. The van der Waals surface area contributed by atoms with Gasteiger partial charge in [-0.25, -0.2) is 0 Å². The second kappa shape index (κ2) is 7.19. The number of amides is 1. The van der Waals surface area contributed by atoms with Gasteiger partial charge < -0.3 is 11.1 Å². The Hall–Kier alpha value is -1.93. The zero-order valence-corrected chi connectivity index (χ0v) is 12.9. The van der Waals surface area contributed by atoms with Crippen molar-refractivity contribution in [1.29, 1.82) is 0 Å². The number of carbonyl (C=O) groups is 2. The molecule has 1 amide bonds. The quantitative estimate of drug-likeness (QED) is 0.785. The van der Waals surface area contributed by atoms with Crippen molar-refractivity contribution in [3.05, 3.63) is 35.9 Å². The van der Waals surface area contributed by atoms with E-state index in [1.54, 1.807) is 0 Å². The molecule has 0 saturated carbocycles. The largest absolute Gasteiger partial charge is 0.374 e. The summed E-state index contributed by atoms with van der Waals surface area (Å²) in [6.07, 6.45) is 0. The molecule has 0 aliphatic heterocycles. The number of rotatable bonds is 6. The molecule has 3 N–H and O–H groups in total. The molecule has 0 saturated heterocycles. The molecule has 2 rings (SSSR count). The van der Waals surface area contributed by atoms with Crippen LogP contribution in [0.3, 0.4) is 0 Å². The molecular weight excluding hydrogens is 308 g/mol. The van der Waals surface area contributed by atoms with Crippen molar-refractivity contribution in [3.63, 3.8) is 0 Å². The van der Waals surface area contributed by atoms with Gasteiger partial charge in [0.1, 0.15) is 6.04 Å². The number of hydrogen-bond acceptors (Lipinski definition) is 7. The monoisotopic (exact) mass is 322 g/mol. The molecule has 2 aromatic rings.